The summed E-state index contributed by atoms with van der Waals surface area (Å²) in [5.74, 6) is 0.354. The second-order valence-electron chi connectivity index (χ2n) is 4.09. The molecule has 3 heteroatoms. The van der Waals surface area contributed by atoms with Crippen molar-refractivity contribution in [3.63, 3.8) is 0 Å². The summed E-state index contributed by atoms with van der Waals surface area (Å²) in [6, 6.07) is 5.57. The minimum absolute atomic E-state index is 0.349. The Balaban J connectivity index is 2.20. The van der Waals surface area contributed by atoms with E-state index in [0.717, 1.165) is 29.6 Å². The quantitative estimate of drug-likeness (QED) is 0.734. The van der Waals surface area contributed by atoms with Gasteiger partial charge >= 0.3 is 0 Å². The zero-order valence-electron chi connectivity index (χ0n) is 8.58. The van der Waals surface area contributed by atoms with Crippen molar-refractivity contribution in [1.29, 1.82) is 0 Å². The Morgan fingerprint density at radius 2 is 2.33 bits per heavy atom. The number of nitrogens with one attached hydrogen (secondary N) is 1. The van der Waals surface area contributed by atoms with Gasteiger partial charge in [0.15, 0.2) is 0 Å². The highest BCUT2D eigenvalue weighted by Gasteiger charge is 2.25. The van der Waals surface area contributed by atoms with E-state index < -0.39 is 0 Å². The number of aryl methyl sites for hydroxylation is 1. The van der Waals surface area contributed by atoms with Crippen molar-refractivity contribution in [3.8, 4) is 5.75 Å². The van der Waals surface area contributed by atoms with Crippen LogP contribution in [0.15, 0.2) is 18.2 Å². The van der Waals surface area contributed by atoms with Crippen molar-refractivity contribution in [2.45, 2.75) is 19.4 Å². The summed E-state index contributed by atoms with van der Waals surface area (Å²) in [7, 11) is 0. The summed E-state index contributed by atoms with van der Waals surface area (Å²) in [5.41, 5.74) is 3.32. The lowest BCUT2D eigenvalue weighted by Gasteiger charge is -1.99. The molecule has 2 heterocycles. The summed E-state index contributed by atoms with van der Waals surface area (Å²) in [6.45, 7) is 2.89. The van der Waals surface area contributed by atoms with Crippen molar-refractivity contribution in [2.75, 3.05) is 6.61 Å². The maximum absolute atomic E-state index is 9.84. The van der Waals surface area contributed by atoms with E-state index in [4.69, 9.17) is 4.74 Å². The maximum atomic E-state index is 9.84. The molecule has 1 atom stereocenters. The number of phenols is 1. The number of hydrogen-bond acceptors (Lipinski definition) is 2. The van der Waals surface area contributed by atoms with Crippen LogP contribution in [-0.4, -0.2) is 22.8 Å². The van der Waals surface area contributed by atoms with E-state index >= 15 is 0 Å². The molecule has 1 aromatic carbocycles. The second kappa shape index (κ2) is 3.00. The first-order valence-corrected chi connectivity index (χ1v) is 5.16. The zero-order valence-corrected chi connectivity index (χ0v) is 8.58. The predicted octanol–water partition coefficient (Wildman–Crippen LogP) is 2.12. The number of epoxide rings is 1. The van der Waals surface area contributed by atoms with Crippen molar-refractivity contribution in [2.24, 2.45) is 0 Å². The molecule has 1 fully saturated rings. The number of ether oxygens (including phenoxy) is 1. The molecule has 2 aromatic rings. The van der Waals surface area contributed by atoms with Crippen LogP contribution in [-0.2, 0) is 11.2 Å². The fourth-order valence-electron chi connectivity index (χ4n) is 2.10. The van der Waals surface area contributed by atoms with Gasteiger partial charge in [-0.05, 0) is 24.6 Å². The normalized spacial score (nSPS) is 19.7. The van der Waals surface area contributed by atoms with Gasteiger partial charge in [0, 0.05) is 23.0 Å². The summed E-state index contributed by atoms with van der Waals surface area (Å²) < 4.78 is 5.23. The van der Waals surface area contributed by atoms with E-state index in [0.29, 0.717) is 11.9 Å². The number of aromatic nitrogens is 1. The van der Waals surface area contributed by atoms with Crippen LogP contribution >= 0.6 is 0 Å². The molecule has 3 rings (SSSR count). The van der Waals surface area contributed by atoms with Crippen molar-refractivity contribution < 1.29 is 9.84 Å². The number of fused-ring (bicyclic) bond motifs is 1. The first-order chi connectivity index (χ1) is 7.25. The van der Waals surface area contributed by atoms with E-state index in [1.54, 1.807) is 6.07 Å². The lowest BCUT2D eigenvalue weighted by molar-refractivity contribution is 0.407. The Labute approximate surface area is 87.7 Å². The summed E-state index contributed by atoms with van der Waals surface area (Å²) in [5, 5.41) is 10.8. The standard InChI is InChI=1S/C12H13NO2/c1-7-9(5-8-6-15-8)12-10(13-7)3-2-4-11(12)14/h2-4,8,13-14H,5-6H2,1H3. The van der Waals surface area contributed by atoms with Crippen molar-refractivity contribution >= 4 is 10.9 Å². The molecule has 0 spiro atoms. The molecule has 0 saturated carbocycles. The van der Waals surface area contributed by atoms with E-state index in [-0.39, 0.29) is 0 Å². The van der Waals surface area contributed by atoms with Crippen molar-refractivity contribution in [3.05, 3.63) is 29.5 Å². The Hall–Kier alpha value is -1.48. The molecular formula is C12H13NO2. The highest BCUT2D eigenvalue weighted by molar-refractivity contribution is 5.90. The minimum Gasteiger partial charge on any atom is -0.507 e. The molecule has 1 unspecified atom stereocenters. The van der Waals surface area contributed by atoms with Gasteiger partial charge in [0.1, 0.15) is 5.75 Å². The first kappa shape index (κ1) is 8.80. The molecule has 2 N–H and O–H groups in total. The highest BCUT2D eigenvalue weighted by atomic mass is 16.6. The number of rotatable bonds is 2. The molecule has 15 heavy (non-hydrogen) atoms. The molecular weight excluding hydrogens is 190 g/mol. The van der Waals surface area contributed by atoms with Gasteiger partial charge in [-0.15, -0.1) is 0 Å². The highest BCUT2D eigenvalue weighted by Crippen LogP contribution is 2.32. The van der Waals surface area contributed by atoms with E-state index in [9.17, 15) is 5.11 Å². The summed E-state index contributed by atoms with van der Waals surface area (Å²) >= 11 is 0. The van der Waals surface area contributed by atoms with E-state index in [2.05, 4.69) is 4.98 Å². The first-order valence-electron chi connectivity index (χ1n) is 5.16. The van der Waals surface area contributed by atoms with Crippen LogP contribution in [0.4, 0.5) is 0 Å². The molecule has 78 valence electrons. The zero-order chi connectivity index (χ0) is 10.4. The number of aromatic hydroxyl groups is 1. The largest absolute Gasteiger partial charge is 0.507 e. The van der Waals surface area contributed by atoms with Crippen LogP contribution < -0.4 is 0 Å². The Morgan fingerprint density at radius 3 is 3.07 bits per heavy atom. The molecule has 1 aliphatic heterocycles. The average Bonchev–Trinajstić information content (AvgIpc) is 2.93. The van der Waals surface area contributed by atoms with Gasteiger partial charge in [-0.25, -0.2) is 0 Å². The average molecular weight is 203 g/mol. The Bertz CT molecular complexity index is 512. The van der Waals surface area contributed by atoms with Gasteiger partial charge in [-0.1, -0.05) is 6.07 Å². The molecule has 0 bridgehead atoms. The molecule has 0 radical (unpaired) electrons. The van der Waals surface area contributed by atoms with Gasteiger partial charge in [-0.3, -0.25) is 0 Å². The number of aromatic amines is 1. The van der Waals surface area contributed by atoms with Crippen LogP contribution in [0.5, 0.6) is 5.75 Å². The summed E-state index contributed by atoms with van der Waals surface area (Å²) in [6.07, 6.45) is 1.24. The maximum Gasteiger partial charge on any atom is 0.125 e. The minimum atomic E-state index is 0.349. The van der Waals surface area contributed by atoms with Crippen LogP contribution in [0.3, 0.4) is 0 Å². The smallest absolute Gasteiger partial charge is 0.125 e. The lowest BCUT2D eigenvalue weighted by Crippen LogP contribution is -1.93. The predicted molar refractivity (Wildman–Crippen MR) is 58.1 cm³/mol. The lowest BCUT2D eigenvalue weighted by atomic mass is 10.1. The van der Waals surface area contributed by atoms with Crippen LogP contribution in [0.2, 0.25) is 0 Å². The van der Waals surface area contributed by atoms with Crippen LogP contribution in [0, 0.1) is 6.92 Å². The molecule has 3 nitrogen and oxygen atoms in total. The Morgan fingerprint density at radius 1 is 1.53 bits per heavy atom. The topological polar surface area (TPSA) is 48.5 Å². The second-order valence-corrected chi connectivity index (χ2v) is 4.09. The number of H-pyrrole nitrogens is 1. The fraction of sp³-hybridized carbons (Fsp3) is 0.333. The molecule has 1 aliphatic rings. The molecule has 1 aromatic heterocycles. The fourth-order valence-corrected chi connectivity index (χ4v) is 2.10. The van der Waals surface area contributed by atoms with Gasteiger partial charge in [0.05, 0.1) is 12.7 Å². The summed E-state index contributed by atoms with van der Waals surface area (Å²) in [4.78, 5) is 3.29. The molecule has 0 amide bonds. The van der Waals surface area contributed by atoms with E-state index in [1.807, 2.05) is 19.1 Å². The molecule has 1 saturated heterocycles. The Kier molecular flexibility index (Phi) is 1.76. The number of benzene rings is 1. The van der Waals surface area contributed by atoms with Crippen molar-refractivity contribution in [1.82, 2.24) is 4.98 Å². The van der Waals surface area contributed by atoms with Gasteiger partial charge < -0.3 is 14.8 Å². The number of hydrogen-bond donors (Lipinski definition) is 2. The third-order valence-electron chi connectivity index (χ3n) is 2.95. The van der Waals surface area contributed by atoms with Crippen LogP contribution in [0.1, 0.15) is 11.3 Å². The van der Waals surface area contributed by atoms with Gasteiger partial charge in [0.2, 0.25) is 0 Å². The SMILES string of the molecule is Cc1[nH]c2cccc(O)c2c1CC1CO1. The molecule has 0 aliphatic carbocycles. The van der Waals surface area contributed by atoms with E-state index in [1.165, 1.54) is 5.56 Å². The van der Waals surface area contributed by atoms with Crippen LogP contribution in [0.25, 0.3) is 10.9 Å². The third-order valence-corrected chi connectivity index (χ3v) is 2.95. The third kappa shape index (κ3) is 1.39. The van der Waals surface area contributed by atoms with Gasteiger partial charge in [0.25, 0.3) is 0 Å². The number of phenolic OH excluding ortho intramolecular Hbond substituents is 1. The monoisotopic (exact) mass is 203 g/mol. The van der Waals surface area contributed by atoms with Gasteiger partial charge in [-0.2, -0.15) is 0 Å².